The molecule has 0 unspecified atom stereocenters. The van der Waals surface area contributed by atoms with Crippen LogP contribution in [0.1, 0.15) is 18.9 Å². The van der Waals surface area contributed by atoms with Gasteiger partial charge in [0, 0.05) is 18.0 Å². The molecule has 0 aliphatic rings. The zero-order valence-corrected chi connectivity index (χ0v) is 12.3. The molecular formula is C13H17FN4OS. The summed E-state index contributed by atoms with van der Waals surface area (Å²) in [7, 11) is 1.81. The molecule has 2 aromatic rings. The van der Waals surface area contributed by atoms with E-state index in [0.717, 1.165) is 16.9 Å². The van der Waals surface area contributed by atoms with E-state index in [-0.39, 0.29) is 11.5 Å². The molecule has 20 heavy (non-hydrogen) atoms. The lowest BCUT2D eigenvalue weighted by Gasteiger charge is -2.09. The SMILES string of the molecule is CCCn1c(Sc2ccc(F)cc2CNC)n[nH]c1=O. The van der Waals surface area contributed by atoms with Crippen molar-refractivity contribution in [2.24, 2.45) is 0 Å². The fourth-order valence-corrected chi connectivity index (χ4v) is 2.85. The van der Waals surface area contributed by atoms with Crippen LogP contribution < -0.4 is 11.0 Å². The standard InChI is InChI=1S/C13H17FN4OS/c1-3-6-18-12(19)16-17-13(18)20-11-5-4-10(14)7-9(11)8-15-2/h4-5,7,15H,3,6,8H2,1-2H3,(H,16,19). The van der Waals surface area contributed by atoms with Gasteiger partial charge in [-0.3, -0.25) is 4.57 Å². The Morgan fingerprint density at radius 2 is 2.30 bits per heavy atom. The molecule has 0 spiro atoms. The summed E-state index contributed by atoms with van der Waals surface area (Å²) in [6.45, 7) is 3.17. The Bertz CT molecular complexity index is 638. The van der Waals surface area contributed by atoms with Crippen molar-refractivity contribution in [2.45, 2.75) is 36.5 Å². The molecule has 0 atom stereocenters. The van der Waals surface area contributed by atoms with E-state index in [1.54, 1.807) is 17.7 Å². The Hall–Kier alpha value is -1.60. The quantitative estimate of drug-likeness (QED) is 0.856. The number of nitrogens with zero attached hydrogens (tertiary/aromatic N) is 2. The average Bonchev–Trinajstić information content (AvgIpc) is 2.75. The van der Waals surface area contributed by atoms with Gasteiger partial charge in [-0.2, -0.15) is 0 Å². The minimum absolute atomic E-state index is 0.216. The molecule has 0 amide bonds. The Kier molecular flexibility index (Phi) is 4.97. The summed E-state index contributed by atoms with van der Waals surface area (Å²) in [5, 5.41) is 10.1. The second-order valence-corrected chi connectivity index (χ2v) is 5.36. The number of rotatable bonds is 6. The average molecular weight is 296 g/mol. The first-order valence-electron chi connectivity index (χ1n) is 6.41. The van der Waals surface area contributed by atoms with E-state index in [0.29, 0.717) is 18.2 Å². The fourth-order valence-electron chi connectivity index (χ4n) is 1.88. The Morgan fingerprint density at radius 1 is 1.50 bits per heavy atom. The van der Waals surface area contributed by atoms with Crippen LogP contribution in [0.4, 0.5) is 4.39 Å². The van der Waals surface area contributed by atoms with Crippen LogP contribution >= 0.6 is 11.8 Å². The number of hydrogen-bond acceptors (Lipinski definition) is 4. The minimum atomic E-state index is -0.271. The molecule has 2 rings (SSSR count). The minimum Gasteiger partial charge on any atom is -0.316 e. The molecule has 2 N–H and O–H groups in total. The molecule has 0 saturated heterocycles. The zero-order valence-electron chi connectivity index (χ0n) is 11.4. The second-order valence-electron chi connectivity index (χ2n) is 4.35. The van der Waals surface area contributed by atoms with Gasteiger partial charge in [0.1, 0.15) is 5.82 Å². The molecular weight excluding hydrogens is 279 g/mol. The van der Waals surface area contributed by atoms with Gasteiger partial charge in [0.15, 0.2) is 5.16 Å². The van der Waals surface area contributed by atoms with Gasteiger partial charge in [0.25, 0.3) is 0 Å². The van der Waals surface area contributed by atoms with E-state index in [9.17, 15) is 9.18 Å². The number of halogens is 1. The first kappa shape index (κ1) is 14.8. The van der Waals surface area contributed by atoms with Crippen molar-refractivity contribution in [3.63, 3.8) is 0 Å². The topological polar surface area (TPSA) is 62.7 Å². The number of benzene rings is 1. The highest BCUT2D eigenvalue weighted by Crippen LogP contribution is 2.29. The third kappa shape index (κ3) is 3.29. The van der Waals surface area contributed by atoms with Gasteiger partial charge in [0.2, 0.25) is 0 Å². The summed E-state index contributed by atoms with van der Waals surface area (Å²) in [6, 6.07) is 4.62. The molecule has 0 aliphatic carbocycles. The lowest BCUT2D eigenvalue weighted by atomic mass is 10.2. The summed E-state index contributed by atoms with van der Waals surface area (Å²) in [5.74, 6) is -0.271. The Balaban J connectivity index is 2.32. The summed E-state index contributed by atoms with van der Waals surface area (Å²) < 4.78 is 14.9. The van der Waals surface area contributed by atoms with Crippen molar-refractivity contribution in [3.8, 4) is 0 Å². The second kappa shape index (κ2) is 6.71. The van der Waals surface area contributed by atoms with Crippen molar-refractivity contribution in [2.75, 3.05) is 7.05 Å². The molecule has 1 aromatic carbocycles. The maximum atomic E-state index is 13.3. The predicted molar refractivity (Wildman–Crippen MR) is 76.4 cm³/mol. The van der Waals surface area contributed by atoms with E-state index in [2.05, 4.69) is 15.5 Å². The molecule has 0 saturated carbocycles. The molecule has 1 heterocycles. The van der Waals surface area contributed by atoms with Crippen LogP contribution in [0.2, 0.25) is 0 Å². The van der Waals surface area contributed by atoms with Gasteiger partial charge >= 0.3 is 5.69 Å². The lowest BCUT2D eigenvalue weighted by molar-refractivity contribution is 0.603. The van der Waals surface area contributed by atoms with Crippen LogP contribution in [-0.4, -0.2) is 21.8 Å². The van der Waals surface area contributed by atoms with E-state index >= 15 is 0 Å². The van der Waals surface area contributed by atoms with Crippen LogP contribution in [-0.2, 0) is 13.1 Å². The zero-order chi connectivity index (χ0) is 14.5. The van der Waals surface area contributed by atoms with Crippen LogP contribution in [0, 0.1) is 5.82 Å². The monoisotopic (exact) mass is 296 g/mol. The predicted octanol–water partition coefficient (Wildman–Crippen LogP) is 1.99. The van der Waals surface area contributed by atoms with Crippen LogP contribution in [0.5, 0.6) is 0 Å². The highest BCUT2D eigenvalue weighted by atomic mass is 32.2. The maximum Gasteiger partial charge on any atom is 0.343 e. The normalized spacial score (nSPS) is 10.9. The molecule has 0 aliphatic heterocycles. The van der Waals surface area contributed by atoms with E-state index in [1.807, 2.05) is 6.92 Å². The van der Waals surface area contributed by atoms with Crippen molar-refractivity contribution in [1.82, 2.24) is 20.1 Å². The van der Waals surface area contributed by atoms with Gasteiger partial charge in [0.05, 0.1) is 0 Å². The number of aromatic amines is 1. The first-order chi connectivity index (χ1) is 9.65. The van der Waals surface area contributed by atoms with E-state index in [4.69, 9.17) is 0 Å². The van der Waals surface area contributed by atoms with Crippen molar-refractivity contribution in [1.29, 1.82) is 0 Å². The number of aromatic nitrogens is 3. The van der Waals surface area contributed by atoms with Gasteiger partial charge in [-0.15, -0.1) is 5.10 Å². The Labute approximate surface area is 120 Å². The smallest absolute Gasteiger partial charge is 0.316 e. The highest BCUT2D eigenvalue weighted by Gasteiger charge is 2.12. The largest absolute Gasteiger partial charge is 0.343 e. The highest BCUT2D eigenvalue weighted by molar-refractivity contribution is 7.99. The molecule has 0 radical (unpaired) electrons. The lowest BCUT2D eigenvalue weighted by Crippen LogP contribution is -2.17. The van der Waals surface area contributed by atoms with Crippen molar-refractivity contribution < 1.29 is 4.39 Å². The van der Waals surface area contributed by atoms with E-state index in [1.165, 1.54) is 23.9 Å². The summed E-state index contributed by atoms with van der Waals surface area (Å²) in [6.07, 6.45) is 0.847. The number of nitrogens with one attached hydrogen (secondary N) is 2. The number of hydrogen-bond donors (Lipinski definition) is 2. The summed E-state index contributed by atoms with van der Waals surface area (Å²) in [4.78, 5) is 12.5. The third-order valence-electron chi connectivity index (χ3n) is 2.76. The first-order valence-corrected chi connectivity index (χ1v) is 7.23. The van der Waals surface area contributed by atoms with Crippen molar-refractivity contribution >= 4 is 11.8 Å². The molecule has 5 nitrogen and oxygen atoms in total. The summed E-state index contributed by atoms with van der Waals surface area (Å²) >= 11 is 1.36. The molecule has 108 valence electrons. The van der Waals surface area contributed by atoms with Gasteiger partial charge < -0.3 is 5.32 Å². The molecule has 0 bridgehead atoms. The van der Waals surface area contributed by atoms with Gasteiger partial charge in [-0.1, -0.05) is 6.92 Å². The molecule has 1 aromatic heterocycles. The number of H-pyrrole nitrogens is 1. The van der Waals surface area contributed by atoms with Crippen LogP contribution in [0.25, 0.3) is 0 Å². The molecule has 0 fully saturated rings. The van der Waals surface area contributed by atoms with Gasteiger partial charge in [-0.05, 0) is 49.0 Å². The van der Waals surface area contributed by atoms with E-state index < -0.39 is 0 Å². The fraction of sp³-hybridized carbons (Fsp3) is 0.385. The summed E-state index contributed by atoms with van der Waals surface area (Å²) in [5.41, 5.74) is 0.627. The van der Waals surface area contributed by atoms with Gasteiger partial charge in [-0.25, -0.2) is 14.3 Å². The van der Waals surface area contributed by atoms with Crippen molar-refractivity contribution in [3.05, 3.63) is 40.1 Å². The molecule has 7 heteroatoms. The third-order valence-corrected chi connectivity index (χ3v) is 3.87. The maximum absolute atomic E-state index is 13.3. The van der Waals surface area contributed by atoms with Crippen LogP contribution in [0.3, 0.4) is 0 Å². The van der Waals surface area contributed by atoms with Crippen LogP contribution in [0.15, 0.2) is 33.0 Å². The Morgan fingerprint density at radius 3 is 3.00 bits per heavy atom.